The number of carbonyl (C=O) groups is 1. The summed E-state index contributed by atoms with van der Waals surface area (Å²) in [7, 11) is 0. The molecule has 0 spiro atoms. The fraction of sp³-hybridized carbons (Fsp3) is 0.667. The second-order valence-corrected chi connectivity index (χ2v) is 4.57. The average Bonchev–Trinajstić information content (AvgIpc) is 2.54. The summed E-state index contributed by atoms with van der Waals surface area (Å²) in [6, 6.07) is 2.00. The van der Waals surface area contributed by atoms with E-state index in [1.807, 2.05) is 24.8 Å². The Bertz CT molecular complexity index is 391. The number of hydrogen-bond donors (Lipinski definition) is 1. The number of aromatic nitrogens is 2. The van der Waals surface area contributed by atoms with Crippen LogP contribution in [0.2, 0.25) is 0 Å². The SMILES string of the molecule is Cc1cc(C)n(CC(=O)N2CCCNCC2)n1. The lowest BCUT2D eigenvalue weighted by Gasteiger charge is -2.20. The van der Waals surface area contributed by atoms with Crippen LogP contribution in [0.1, 0.15) is 17.8 Å². The number of amides is 1. The van der Waals surface area contributed by atoms with Crippen molar-refractivity contribution < 1.29 is 4.79 Å². The van der Waals surface area contributed by atoms with Crippen LogP contribution in [0.15, 0.2) is 6.07 Å². The third-order valence-electron chi connectivity index (χ3n) is 3.08. The van der Waals surface area contributed by atoms with Gasteiger partial charge in [0, 0.05) is 25.3 Å². The topological polar surface area (TPSA) is 50.2 Å². The molecule has 0 radical (unpaired) electrons. The largest absolute Gasteiger partial charge is 0.340 e. The van der Waals surface area contributed by atoms with E-state index in [1.54, 1.807) is 4.68 Å². The Labute approximate surface area is 102 Å². The van der Waals surface area contributed by atoms with E-state index in [0.29, 0.717) is 6.54 Å². The number of nitrogens with one attached hydrogen (secondary N) is 1. The van der Waals surface area contributed by atoms with Gasteiger partial charge in [-0.15, -0.1) is 0 Å². The predicted octanol–water partition coefficient (Wildman–Crippen LogP) is 0.322. The zero-order valence-electron chi connectivity index (χ0n) is 10.6. The normalized spacial score (nSPS) is 16.9. The van der Waals surface area contributed by atoms with Crippen LogP contribution in [0.3, 0.4) is 0 Å². The van der Waals surface area contributed by atoms with Crippen LogP contribution in [0.25, 0.3) is 0 Å². The maximum Gasteiger partial charge on any atom is 0.244 e. The summed E-state index contributed by atoms with van der Waals surface area (Å²) >= 11 is 0. The fourth-order valence-electron chi connectivity index (χ4n) is 2.16. The molecule has 1 N–H and O–H groups in total. The van der Waals surface area contributed by atoms with Gasteiger partial charge < -0.3 is 10.2 Å². The Kier molecular flexibility index (Phi) is 3.78. The summed E-state index contributed by atoms with van der Waals surface area (Å²) < 4.78 is 1.79. The molecule has 1 fully saturated rings. The van der Waals surface area contributed by atoms with Gasteiger partial charge in [0.2, 0.25) is 5.91 Å². The molecule has 1 amide bonds. The molecule has 0 aliphatic carbocycles. The number of rotatable bonds is 2. The molecule has 5 heteroatoms. The van der Waals surface area contributed by atoms with Crippen LogP contribution in [0.4, 0.5) is 0 Å². The highest BCUT2D eigenvalue weighted by Crippen LogP contribution is 2.04. The Morgan fingerprint density at radius 3 is 2.94 bits per heavy atom. The average molecular weight is 236 g/mol. The minimum absolute atomic E-state index is 0.167. The van der Waals surface area contributed by atoms with Crippen LogP contribution in [0.5, 0.6) is 0 Å². The summed E-state index contributed by atoms with van der Waals surface area (Å²) in [5.74, 6) is 0.167. The molecule has 0 aromatic carbocycles. The lowest BCUT2D eigenvalue weighted by atomic mass is 10.3. The molecule has 2 rings (SSSR count). The zero-order chi connectivity index (χ0) is 12.3. The molecule has 0 unspecified atom stereocenters. The van der Waals surface area contributed by atoms with Crippen molar-refractivity contribution in [2.24, 2.45) is 0 Å². The zero-order valence-corrected chi connectivity index (χ0v) is 10.6. The van der Waals surface area contributed by atoms with E-state index in [9.17, 15) is 4.79 Å². The molecule has 1 aromatic heterocycles. The van der Waals surface area contributed by atoms with E-state index in [-0.39, 0.29) is 5.91 Å². The van der Waals surface area contributed by atoms with Crippen LogP contribution >= 0.6 is 0 Å². The molecule has 0 saturated carbocycles. The van der Waals surface area contributed by atoms with Crippen molar-refractivity contribution in [2.75, 3.05) is 26.2 Å². The Morgan fingerprint density at radius 1 is 1.41 bits per heavy atom. The first-order valence-corrected chi connectivity index (χ1v) is 6.16. The van der Waals surface area contributed by atoms with Crippen molar-refractivity contribution in [3.05, 3.63) is 17.5 Å². The summed E-state index contributed by atoms with van der Waals surface area (Å²) in [5, 5.41) is 7.62. The third kappa shape index (κ3) is 3.06. The first kappa shape index (κ1) is 12.1. The lowest BCUT2D eigenvalue weighted by molar-refractivity contribution is -0.131. The minimum atomic E-state index is 0.167. The van der Waals surface area contributed by atoms with Crippen molar-refractivity contribution >= 4 is 5.91 Å². The highest BCUT2D eigenvalue weighted by Gasteiger charge is 2.16. The van der Waals surface area contributed by atoms with Crippen LogP contribution in [-0.4, -0.2) is 46.8 Å². The van der Waals surface area contributed by atoms with E-state index in [2.05, 4.69) is 10.4 Å². The van der Waals surface area contributed by atoms with E-state index in [4.69, 9.17) is 0 Å². The third-order valence-corrected chi connectivity index (χ3v) is 3.08. The van der Waals surface area contributed by atoms with Gasteiger partial charge in [-0.25, -0.2) is 0 Å². The Balaban J connectivity index is 1.98. The number of hydrogen-bond acceptors (Lipinski definition) is 3. The van der Waals surface area contributed by atoms with Crippen molar-refractivity contribution in [3.63, 3.8) is 0 Å². The van der Waals surface area contributed by atoms with E-state index in [1.165, 1.54) is 0 Å². The monoisotopic (exact) mass is 236 g/mol. The van der Waals surface area contributed by atoms with Gasteiger partial charge >= 0.3 is 0 Å². The second-order valence-electron chi connectivity index (χ2n) is 4.57. The predicted molar refractivity (Wildman–Crippen MR) is 65.8 cm³/mol. The van der Waals surface area contributed by atoms with Crippen LogP contribution in [0, 0.1) is 13.8 Å². The molecule has 1 saturated heterocycles. The summed E-state index contributed by atoms with van der Waals surface area (Å²) in [6.07, 6.45) is 1.03. The van der Waals surface area contributed by atoms with E-state index >= 15 is 0 Å². The van der Waals surface area contributed by atoms with E-state index < -0.39 is 0 Å². The molecule has 1 aliphatic rings. The van der Waals surface area contributed by atoms with E-state index in [0.717, 1.165) is 44.0 Å². The maximum absolute atomic E-state index is 12.1. The van der Waals surface area contributed by atoms with Crippen molar-refractivity contribution in [3.8, 4) is 0 Å². The first-order chi connectivity index (χ1) is 8.16. The van der Waals surface area contributed by atoms with Gasteiger partial charge in [-0.3, -0.25) is 9.48 Å². The fourth-order valence-corrected chi connectivity index (χ4v) is 2.16. The van der Waals surface area contributed by atoms with Crippen LogP contribution < -0.4 is 5.32 Å². The molecular weight excluding hydrogens is 216 g/mol. The Hall–Kier alpha value is -1.36. The molecule has 2 heterocycles. The van der Waals surface area contributed by atoms with Crippen molar-refractivity contribution in [1.82, 2.24) is 20.0 Å². The number of carbonyl (C=O) groups excluding carboxylic acids is 1. The van der Waals surface area contributed by atoms with Gasteiger partial charge in [0.15, 0.2) is 0 Å². The number of aryl methyl sites for hydroxylation is 2. The smallest absolute Gasteiger partial charge is 0.244 e. The summed E-state index contributed by atoms with van der Waals surface area (Å²) in [6.45, 7) is 7.84. The molecule has 0 atom stereocenters. The number of nitrogens with zero attached hydrogens (tertiary/aromatic N) is 3. The highest BCUT2D eigenvalue weighted by atomic mass is 16.2. The minimum Gasteiger partial charge on any atom is -0.340 e. The molecule has 0 bridgehead atoms. The summed E-state index contributed by atoms with van der Waals surface area (Å²) in [4.78, 5) is 14.0. The standard InChI is InChI=1S/C12H20N4O/c1-10-8-11(2)16(14-10)9-12(17)15-6-3-4-13-5-7-15/h8,13H,3-7,9H2,1-2H3. The molecular formula is C12H20N4O. The van der Waals surface area contributed by atoms with Crippen molar-refractivity contribution in [1.29, 1.82) is 0 Å². The maximum atomic E-state index is 12.1. The lowest BCUT2D eigenvalue weighted by Crippen LogP contribution is -2.36. The molecule has 94 valence electrons. The van der Waals surface area contributed by atoms with Gasteiger partial charge in [-0.1, -0.05) is 0 Å². The second kappa shape index (κ2) is 5.31. The molecule has 5 nitrogen and oxygen atoms in total. The van der Waals surface area contributed by atoms with Crippen molar-refractivity contribution in [2.45, 2.75) is 26.8 Å². The summed E-state index contributed by atoms with van der Waals surface area (Å²) in [5.41, 5.74) is 2.01. The molecule has 17 heavy (non-hydrogen) atoms. The Morgan fingerprint density at radius 2 is 2.24 bits per heavy atom. The quantitative estimate of drug-likeness (QED) is 0.804. The van der Waals surface area contributed by atoms with Gasteiger partial charge in [-0.2, -0.15) is 5.10 Å². The molecule has 1 aliphatic heterocycles. The van der Waals surface area contributed by atoms with Crippen LogP contribution in [-0.2, 0) is 11.3 Å². The van der Waals surface area contributed by atoms with Gasteiger partial charge in [0.25, 0.3) is 0 Å². The molecule has 1 aromatic rings. The van der Waals surface area contributed by atoms with Gasteiger partial charge in [-0.05, 0) is 32.9 Å². The first-order valence-electron chi connectivity index (χ1n) is 6.16. The van der Waals surface area contributed by atoms with Gasteiger partial charge in [0.1, 0.15) is 6.54 Å². The highest BCUT2D eigenvalue weighted by molar-refractivity contribution is 5.76. The van der Waals surface area contributed by atoms with Gasteiger partial charge in [0.05, 0.1) is 5.69 Å².